The van der Waals surface area contributed by atoms with Gasteiger partial charge >= 0.3 is 5.97 Å². The van der Waals surface area contributed by atoms with Crippen LogP contribution in [0, 0.1) is 0 Å². The molecule has 0 saturated carbocycles. The highest BCUT2D eigenvalue weighted by molar-refractivity contribution is 9.10. The molecule has 158 valence electrons. The van der Waals surface area contributed by atoms with E-state index in [1.54, 1.807) is 24.8 Å². The summed E-state index contributed by atoms with van der Waals surface area (Å²) in [4.78, 5) is 21.4. The number of halogens is 1. The van der Waals surface area contributed by atoms with Gasteiger partial charge in [-0.3, -0.25) is 0 Å². The minimum Gasteiger partial charge on any atom is -0.449 e. The molecule has 0 N–H and O–H groups in total. The number of fused-ring (bicyclic) bond motifs is 1. The summed E-state index contributed by atoms with van der Waals surface area (Å²) in [6, 6.07) is 13.1. The minimum atomic E-state index is -0.729. The van der Waals surface area contributed by atoms with Crippen LogP contribution in [0.15, 0.2) is 76.9 Å². The quantitative estimate of drug-likeness (QED) is 0.218. The smallest absolute Gasteiger partial charge is 0.358 e. The zero-order valence-corrected chi connectivity index (χ0v) is 18.6. The number of benzene rings is 2. The van der Waals surface area contributed by atoms with E-state index in [4.69, 9.17) is 14.3 Å². The van der Waals surface area contributed by atoms with E-state index in [0.29, 0.717) is 23.8 Å². The lowest BCUT2D eigenvalue weighted by molar-refractivity contribution is -0.137. The topological polar surface area (TPSA) is 74.9 Å². The van der Waals surface area contributed by atoms with E-state index in [9.17, 15) is 4.79 Å². The molecular weight excluding hydrogens is 462 g/mol. The summed E-state index contributed by atoms with van der Waals surface area (Å²) >= 11 is 3.38. The van der Waals surface area contributed by atoms with Crippen LogP contribution in [0.5, 0.6) is 11.5 Å². The number of rotatable bonds is 6. The van der Waals surface area contributed by atoms with Gasteiger partial charge in [0, 0.05) is 42.4 Å². The molecule has 1 aromatic heterocycles. The molecule has 0 radical (unpaired) electrons. The second-order valence-electron chi connectivity index (χ2n) is 7.33. The van der Waals surface area contributed by atoms with Gasteiger partial charge in [0.2, 0.25) is 5.79 Å². The summed E-state index contributed by atoms with van der Waals surface area (Å²) in [5.41, 5.74) is 2.17. The van der Waals surface area contributed by atoms with Crippen molar-refractivity contribution in [2.45, 2.75) is 26.2 Å². The van der Waals surface area contributed by atoms with E-state index < -0.39 is 11.8 Å². The molecule has 31 heavy (non-hydrogen) atoms. The first kappa shape index (κ1) is 20.9. The fraction of sp³-hybridized carbons (Fsp3) is 0.174. The maximum Gasteiger partial charge on any atom is 0.358 e. The molecule has 8 heteroatoms. The van der Waals surface area contributed by atoms with Crippen LogP contribution in [0.3, 0.4) is 0 Å². The average Bonchev–Trinajstić information content (AvgIpc) is 3.35. The van der Waals surface area contributed by atoms with Crippen molar-refractivity contribution in [1.82, 2.24) is 9.55 Å². The largest absolute Gasteiger partial charge is 0.449 e. The molecule has 2 heterocycles. The van der Waals surface area contributed by atoms with E-state index in [1.165, 1.54) is 6.08 Å². The molecule has 7 nitrogen and oxygen atoms in total. The van der Waals surface area contributed by atoms with Gasteiger partial charge in [0.25, 0.3) is 0 Å². The third kappa shape index (κ3) is 5.40. The highest BCUT2D eigenvalue weighted by Gasteiger charge is 2.32. The van der Waals surface area contributed by atoms with Crippen LogP contribution in [-0.4, -0.2) is 27.0 Å². The van der Waals surface area contributed by atoms with Crippen molar-refractivity contribution in [3.05, 3.63) is 82.9 Å². The minimum absolute atomic E-state index is 0.368. The summed E-state index contributed by atoms with van der Waals surface area (Å²) in [7, 11) is 0. The van der Waals surface area contributed by atoms with Crippen LogP contribution >= 0.6 is 15.9 Å². The van der Waals surface area contributed by atoms with Gasteiger partial charge in [0.15, 0.2) is 11.5 Å². The van der Waals surface area contributed by atoms with Gasteiger partial charge in [-0.1, -0.05) is 33.2 Å². The predicted molar refractivity (Wildman–Crippen MR) is 120 cm³/mol. The Morgan fingerprint density at radius 1 is 1.19 bits per heavy atom. The second-order valence-corrected chi connectivity index (χ2v) is 8.25. The normalized spacial score (nSPS) is 14.7. The Morgan fingerprint density at radius 2 is 1.97 bits per heavy atom. The highest BCUT2D eigenvalue weighted by atomic mass is 79.9. The van der Waals surface area contributed by atoms with Crippen molar-refractivity contribution in [3.63, 3.8) is 0 Å². The number of nitrogens with zero attached hydrogens (tertiary/aromatic N) is 3. The third-order valence-corrected chi connectivity index (χ3v) is 4.94. The van der Waals surface area contributed by atoms with E-state index >= 15 is 0 Å². The molecule has 4 rings (SSSR count). The molecule has 0 bridgehead atoms. The summed E-state index contributed by atoms with van der Waals surface area (Å²) in [5, 5.41) is 4.12. The third-order valence-electron chi connectivity index (χ3n) is 4.41. The Kier molecular flexibility index (Phi) is 5.90. The van der Waals surface area contributed by atoms with E-state index in [2.05, 4.69) is 26.1 Å². The zero-order chi connectivity index (χ0) is 21.8. The molecular formula is C23H20BrN3O4. The van der Waals surface area contributed by atoms with Gasteiger partial charge in [0.1, 0.15) is 5.71 Å². The highest BCUT2D eigenvalue weighted by Crippen LogP contribution is 2.39. The molecule has 0 spiro atoms. The molecule has 0 saturated heterocycles. The number of hydrogen-bond donors (Lipinski definition) is 0. The molecule has 0 fully saturated rings. The first-order chi connectivity index (χ1) is 14.9. The summed E-state index contributed by atoms with van der Waals surface area (Å²) in [5.74, 6) is -0.0345. The number of carbonyl (C=O) groups is 1. The summed E-state index contributed by atoms with van der Waals surface area (Å²) in [6.07, 6.45) is 8.15. The van der Waals surface area contributed by atoms with Crippen molar-refractivity contribution >= 4 is 33.7 Å². The molecule has 1 aliphatic rings. The van der Waals surface area contributed by atoms with Crippen LogP contribution in [0.25, 0.3) is 6.08 Å². The van der Waals surface area contributed by atoms with Gasteiger partial charge in [-0.15, -0.1) is 0 Å². The van der Waals surface area contributed by atoms with Gasteiger partial charge < -0.3 is 18.9 Å². The predicted octanol–water partition coefficient (Wildman–Crippen LogP) is 4.81. The lowest BCUT2D eigenvalue weighted by Gasteiger charge is -2.16. The zero-order valence-electron chi connectivity index (χ0n) is 17.0. The first-order valence-electron chi connectivity index (χ1n) is 9.58. The van der Waals surface area contributed by atoms with Crippen LogP contribution in [0.2, 0.25) is 0 Å². The van der Waals surface area contributed by atoms with Crippen LogP contribution in [0.1, 0.15) is 25.0 Å². The SMILES string of the molecule is CC1(C)Oc2ccc(/C(Cn3ccnc3)=N/OC(=O)/C=C/c3ccc(Br)cc3)cc2O1. The summed E-state index contributed by atoms with van der Waals surface area (Å²) < 4.78 is 14.4. The molecule has 1 aliphatic heterocycles. The number of imidazole rings is 1. The fourth-order valence-electron chi connectivity index (χ4n) is 3.00. The molecule has 2 aromatic carbocycles. The Balaban J connectivity index is 1.53. The molecule has 3 aromatic rings. The Morgan fingerprint density at radius 3 is 2.71 bits per heavy atom. The number of aromatic nitrogens is 2. The van der Waals surface area contributed by atoms with Crippen molar-refractivity contribution in [2.24, 2.45) is 5.16 Å². The Labute approximate surface area is 188 Å². The first-order valence-corrected chi connectivity index (χ1v) is 10.4. The van der Waals surface area contributed by atoms with Crippen molar-refractivity contribution < 1.29 is 19.1 Å². The number of ether oxygens (including phenoxy) is 2. The van der Waals surface area contributed by atoms with Crippen LogP contribution in [0.4, 0.5) is 0 Å². The fourth-order valence-corrected chi connectivity index (χ4v) is 3.26. The van der Waals surface area contributed by atoms with Gasteiger partial charge in [-0.05, 0) is 42.0 Å². The van der Waals surface area contributed by atoms with E-state index in [-0.39, 0.29) is 0 Å². The van der Waals surface area contributed by atoms with Crippen molar-refractivity contribution in [3.8, 4) is 11.5 Å². The summed E-state index contributed by atoms with van der Waals surface area (Å²) in [6.45, 7) is 4.05. The van der Waals surface area contributed by atoms with Gasteiger partial charge in [-0.2, -0.15) is 0 Å². The molecule has 0 aliphatic carbocycles. The number of carbonyl (C=O) groups excluding carboxylic acids is 1. The van der Waals surface area contributed by atoms with Gasteiger partial charge in [-0.25, -0.2) is 9.78 Å². The standard InChI is InChI=1S/C23H20BrN3O4/c1-23(2)29-20-9-6-17(13-21(20)30-23)19(14-27-12-11-25-15-27)26-31-22(28)10-5-16-3-7-18(24)8-4-16/h3-13,15H,14H2,1-2H3/b10-5+,26-19+. The molecule has 0 unspecified atom stereocenters. The van der Waals surface area contributed by atoms with Crippen LogP contribution < -0.4 is 9.47 Å². The number of oxime groups is 1. The maximum absolute atomic E-state index is 12.2. The number of hydrogen-bond acceptors (Lipinski definition) is 6. The van der Waals surface area contributed by atoms with Crippen molar-refractivity contribution in [1.29, 1.82) is 0 Å². The van der Waals surface area contributed by atoms with Crippen molar-refractivity contribution in [2.75, 3.05) is 0 Å². The Hall–Kier alpha value is -3.39. The molecule has 0 amide bonds. The van der Waals surface area contributed by atoms with Crippen LogP contribution in [-0.2, 0) is 16.2 Å². The van der Waals surface area contributed by atoms with Gasteiger partial charge in [0.05, 0.1) is 12.9 Å². The second kappa shape index (κ2) is 8.77. The monoisotopic (exact) mass is 481 g/mol. The lowest BCUT2D eigenvalue weighted by atomic mass is 10.1. The van der Waals surface area contributed by atoms with E-state index in [1.807, 2.05) is 60.9 Å². The molecule has 0 atom stereocenters. The van der Waals surface area contributed by atoms with E-state index in [0.717, 1.165) is 15.6 Å². The maximum atomic E-state index is 12.2. The lowest BCUT2D eigenvalue weighted by Crippen LogP contribution is -2.29. The average molecular weight is 482 g/mol. The Bertz CT molecular complexity index is 1140.